The standard InChI is InChI=1S/C23H25N3O/c1-3-19-11-7-8-17(2)23(19)26-21-14-13-20(16-24-21)25-22(27)15-12-18-9-5-4-6-10-18/h4-11,13-14,16H,3,12,15H2,1-2H3,(H,24,26)(H,25,27). The lowest BCUT2D eigenvalue weighted by atomic mass is 10.1. The molecule has 4 nitrogen and oxygen atoms in total. The average molecular weight is 359 g/mol. The first-order chi connectivity index (χ1) is 13.2. The second-order valence-corrected chi connectivity index (χ2v) is 6.55. The Hall–Kier alpha value is -3.14. The van der Waals surface area contributed by atoms with E-state index in [0.717, 1.165) is 29.9 Å². The van der Waals surface area contributed by atoms with E-state index in [-0.39, 0.29) is 5.91 Å². The molecule has 0 saturated heterocycles. The summed E-state index contributed by atoms with van der Waals surface area (Å²) in [5.41, 5.74) is 5.42. The van der Waals surface area contributed by atoms with E-state index in [0.29, 0.717) is 12.1 Å². The Balaban J connectivity index is 1.58. The topological polar surface area (TPSA) is 54.0 Å². The minimum atomic E-state index is -0.00599. The van der Waals surface area contributed by atoms with Gasteiger partial charge in [-0.3, -0.25) is 4.79 Å². The first-order valence-corrected chi connectivity index (χ1v) is 9.31. The van der Waals surface area contributed by atoms with Gasteiger partial charge in [-0.15, -0.1) is 0 Å². The number of rotatable bonds is 7. The molecule has 0 atom stereocenters. The number of para-hydroxylation sites is 1. The summed E-state index contributed by atoms with van der Waals surface area (Å²) in [6.07, 6.45) is 3.83. The smallest absolute Gasteiger partial charge is 0.224 e. The van der Waals surface area contributed by atoms with Gasteiger partial charge in [0.15, 0.2) is 0 Å². The quantitative estimate of drug-likeness (QED) is 0.604. The fourth-order valence-corrected chi connectivity index (χ4v) is 3.00. The van der Waals surface area contributed by atoms with Crippen LogP contribution in [0, 0.1) is 6.92 Å². The molecule has 0 radical (unpaired) electrons. The van der Waals surface area contributed by atoms with E-state index in [9.17, 15) is 4.79 Å². The highest BCUT2D eigenvalue weighted by molar-refractivity contribution is 5.90. The van der Waals surface area contributed by atoms with Crippen molar-refractivity contribution in [3.63, 3.8) is 0 Å². The number of hydrogen-bond acceptors (Lipinski definition) is 3. The molecule has 0 aliphatic rings. The zero-order valence-electron chi connectivity index (χ0n) is 15.8. The van der Waals surface area contributed by atoms with Crippen LogP contribution in [0.1, 0.15) is 30.0 Å². The molecule has 1 amide bonds. The first-order valence-electron chi connectivity index (χ1n) is 9.31. The number of anilines is 3. The Morgan fingerprint density at radius 2 is 1.81 bits per heavy atom. The van der Waals surface area contributed by atoms with Crippen molar-refractivity contribution in [2.45, 2.75) is 33.1 Å². The molecular weight excluding hydrogens is 334 g/mol. The number of aromatic nitrogens is 1. The molecule has 0 spiro atoms. The van der Waals surface area contributed by atoms with Crippen molar-refractivity contribution in [2.75, 3.05) is 10.6 Å². The summed E-state index contributed by atoms with van der Waals surface area (Å²) < 4.78 is 0. The van der Waals surface area contributed by atoms with Gasteiger partial charge in [0.05, 0.1) is 11.9 Å². The average Bonchev–Trinajstić information content (AvgIpc) is 2.70. The van der Waals surface area contributed by atoms with Crippen molar-refractivity contribution in [1.82, 2.24) is 4.98 Å². The Labute approximate surface area is 160 Å². The van der Waals surface area contributed by atoms with Gasteiger partial charge >= 0.3 is 0 Å². The molecule has 4 heteroatoms. The zero-order chi connectivity index (χ0) is 19.1. The molecule has 1 heterocycles. The van der Waals surface area contributed by atoms with Crippen molar-refractivity contribution in [3.8, 4) is 0 Å². The minimum absolute atomic E-state index is 0.00599. The third-order valence-corrected chi connectivity index (χ3v) is 4.52. The van der Waals surface area contributed by atoms with E-state index < -0.39 is 0 Å². The summed E-state index contributed by atoms with van der Waals surface area (Å²) >= 11 is 0. The molecule has 1 aromatic heterocycles. The highest BCUT2D eigenvalue weighted by Gasteiger charge is 2.07. The number of aryl methyl sites for hydroxylation is 3. The minimum Gasteiger partial charge on any atom is -0.340 e. The van der Waals surface area contributed by atoms with Crippen molar-refractivity contribution in [2.24, 2.45) is 0 Å². The van der Waals surface area contributed by atoms with Crippen LogP contribution in [-0.2, 0) is 17.6 Å². The predicted molar refractivity (Wildman–Crippen MR) is 111 cm³/mol. The van der Waals surface area contributed by atoms with Crippen LogP contribution < -0.4 is 10.6 Å². The van der Waals surface area contributed by atoms with E-state index in [1.807, 2.05) is 42.5 Å². The number of carbonyl (C=O) groups excluding carboxylic acids is 1. The van der Waals surface area contributed by atoms with Crippen LogP contribution in [0.15, 0.2) is 66.9 Å². The Bertz CT molecular complexity index is 889. The van der Waals surface area contributed by atoms with Crippen LogP contribution >= 0.6 is 0 Å². The fourth-order valence-electron chi connectivity index (χ4n) is 3.00. The maximum absolute atomic E-state index is 12.1. The van der Waals surface area contributed by atoms with Crippen LogP contribution in [0.4, 0.5) is 17.2 Å². The van der Waals surface area contributed by atoms with E-state index in [2.05, 4.69) is 47.7 Å². The van der Waals surface area contributed by atoms with Crippen LogP contribution in [0.2, 0.25) is 0 Å². The zero-order valence-corrected chi connectivity index (χ0v) is 15.8. The highest BCUT2D eigenvalue weighted by atomic mass is 16.1. The third-order valence-electron chi connectivity index (χ3n) is 4.52. The van der Waals surface area contributed by atoms with Gasteiger partial charge in [-0.2, -0.15) is 0 Å². The molecule has 0 saturated carbocycles. The maximum atomic E-state index is 12.1. The number of nitrogens with one attached hydrogen (secondary N) is 2. The number of benzene rings is 2. The number of amides is 1. The molecule has 0 aliphatic heterocycles. The number of pyridine rings is 1. The predicted octanol–water partition coefficient (Wildman–Crippen LogP) is 5.27. The lowest BCUT2D eigenvalue weighted by Crippen LogP contribution is -2.12. The fraction of sp³-hybridized carbons (Fsp3) is 0.217. The van der Waals surface area contributed by atoms with E-state index >= 15 is 0 Å². The summed E-state index contributed by atoms with van der Waals surface area (Å²) in [6.45, 7) is 4.23. The number of hydrogen-bond donors (Lipinski definition) is 2. The van der Waals surface area contributed by atoms with Crippen LogP contribution in [0.3, 0.4) is 0 Å². The number of carbonyl (C=O) groups is 1. The lowest BCUT2D eigenvalue weighted by molar-refractivity contribution is -0.116. The van der Waals surface area contributed by atoms with Crippen molar-refractivity contribution in [3.05, 3.63) is 83.6 Å². The molecular formula is C23H25N3O. The van der Waals surface area contributed by atoms with Crippen LogP contribution in [0.5, 0.6) is 0 Å². The Morgan fingerprint density at radius 3 is 2.52 bits per heavy atom. The van der Waals surface area contributed by atoms with Gasteiger partial charge in [-0.05, 0) is 48.6 Å². The van der Waals surface area contributed by atoms with Crippen LogP contribution in [-0.4, -0.2) is 10.9 Å². The normalized spacial score (nSPS) is 10.4. The van der Waals surface area contributed by atoms with Crippen molar-refractivity contribution in [1.29, 1.82) is 0 Å². The first kappa shape index (κ1) is 18.6. The highest BCUT2D eigenvalue weighted by Crippen LogP contribution is 2.25. The second kappa shape index (κ2) is 8.99. The van der Waals surface area contributed by atoms with Gasteiger partial charge in [0.2, 0.25) is 5.91 Å². The summed E-state index contributed by atoms with van der Waals surface area (Å²) in [7, 11) is 0. The molecule has 0 bridgehead atoms. The van der Waals surface area contributed by atoms with Crippen molar-refractivity contribution < 1.29 is 4.79 Å². The van der Waals surface area contributed by atoms with E-state index in [4.69, 9.17) is 0 Å². The second-order valence-electron chi connectivity index (χ2n) is 6.55. The largest absolute Gasteiger partial charge is 0.340 e. The van der Waals surface area contributed by atoms with Gasteiger partial charge in [-0.1, -0.05) is 55.5 Å². The van der Waals surface area contributed by atoms with Gasteiger partial charge < -0.3 is 10.6 Å². The Morgan fingerprint density at radius 1 is 1.00 bits per heavy atom. The van der Waals surface area contributed by atoms with E-state index in [1.165, 1.54) is 11.1 Å². The summed E-state index contributed by atoms with van der Waals surface area (Å²) in [5, 5.41) is 6.30. The molecule has 3 aromatic rings. The maximum Gasteiger partial charge on any atom is 0.224 e. The summed E-state index contributed by atoms with van der Waals surface area (Å²) in [6, 6.07) is 20.1. The molecule has 2 aromatic carbocycles. The molecule has 3 rings (SSSR count). The van der Waals surface area contributed by atoms with Gasteiger partial charge in [0.25, 0.3) is 0 Å². The SMILES string of the molecule is CCc1cccc(C)c1Nc1ccc(NC(=O)CCc2ccccc2)cn1. The summed E-state index contributed by atoms with van der Waals surface area (Å²) in [4.78, 5) is 16.6. The molecule has 2 N–H and O–H groups in total. The van der Waals surface area contributed by atoms with Crippen LogP contribution in [0.25, 0.3) is 0 Å². The van der Waals surface area contributed by atoms with Gasteiger partial charge in [0, 0.05) is 12.1 Å². The third kappa shape index (κ3) is 5.17. The van der Waals surface area contributed by atoms with Gasteiger partial charge in [0.1, 0.15) is 5.82 Å². The van der Waals surface area contributed by atoms with E-state index in [1.54, 1.807) is 6.20 Å². The summed E-state index contributed by atoms with van der Waals surface area (Å²) in [5.74, 6) is 0.759. The molecule has 0 unspecified atom stereocenters. The molecule has 0 aliphatic carbocycles. The molecule has 27 heavy (non-hydrogen) atoms. The van der Waals surface area contributed by atoms with Crippen molar-refractivity contribution >= 4 is 23.1 Å². The van der Waals surface area contributed by atoms with Gasteiger partial charge in [-0.25, -0.2) is 4.98 Å². The molecule has 138 valence electrons. The monoisotopic (exact) mass is 359 g/mol. The Kier molecular flexibility index (Phi) is 6.21. The lowest BCUT2D eigenvalue weighted by Gasteiger charge is -2.13. The molecule has 0 fully saturated rings. The number of nitrogens with zero attached hydrogens (tertiary/aromatic N) is 1.